The van der Waals surface area contributed by atoms with Crippen LogP contribution in [-0.4, -0.2) is 38.0 Å². The number of aromatic nitrogens is 3. The third-order valence-corrected chi connectivity index (χ3v) is 5.60. The molecule has 3 aromatic carbocycles. The molecule has 0 aliphatic heterocycles. The molecule has 5 rings (SSSR count). The van der Waals surface area contributed by atoms with E-state index in [1.54, 1.807) is 18.3 Å². The number of benzene rings is 3. The van der Waals surface area contributed by atoms with Crippen LogP contribution in [0.3, 0.4) is 0 Å². The van der Waals surface area contributed by atoms with Crippen LogP contribution in [0.2, 0.25) is 0 Å². The van der Waals surface area contributed by atoms with E-state index in [4.69, 9.17) is 0 Å². The van der Waals surface area contributed by atoms with E-state index >= 15 is 0 Å². The molecule has 0 fully saturated rings. The minimum Gasteiger partial charge on any atom is -0.480 e. The van der Waals surface area contributed by atoms with Crippen molar-refractivity contribution in [2.45, 2.75) is 12.5 Å². The monoisotopic (exact) mass is 472 g/mol. The largest absolute Gasteiger partial charge is 0.480 e. The van der Waals surface area contributed by atoms with Crippen molar-refractivity contribution in [1.29, 1.82) is 0 Å². The summed E-state index contributed by atoms with van der Waals surface area (Å²) in [6.07, 6.45) is 1.44. The van der Waals surface area contributed by atoms with Crippen molar-refractivity contribution in [3.63, 3.8) is 0 Å². The van der Waals surface area contributed by atoms with Gasteiger partial charge in [-0.05, 0) is 41.3 Å². The van der Waals surface area contributed by atoms with Crippen molar-refractivity contribution in [3.8, 4) is 11.5 Å². The Morgan fingerprint density at radius 2 is 1.71 bits per heavy atom. The van der Waals surface area contributed by atoms with Crippen LogP contribution < -0.4 is 5.32 Å². The van der Waals surface area contributed by atoms with Crippen molar-refractivity contribution in [2.75, 3.05) is 0 Å². The Hall–Kier alpha value is -4.66. The summed E-state index contributed by atoms with van der Waals surface area (Å²) in [5.74, 6) is -3.21. The molecule has 0 saturated carbocycles. The summed E-state index contributed by atoms with van der Waals surface area (Å²) >= 11 is 0. The van der Waals surface area contributed by atoms with Gasteiger partial charge in [-0.2, -0.15) is 0 Å². The first-order chi connectivity index (χ1) is 16.9. The fourth-order valence-electron chi connectivity index (χ4n) is 3.95. The van der Waals surface area contributed by atoms with E-state index in [1.807, 2.05) is 30.3 Å². The lowest BCUT2D eigenvalue weighted by Gasteiger charge is -2.15. The first-order valence-corrected chi connectivity index (χ1v) is 10.7. The third-order valence-electron chi connectivity index (χ3n) is 5.60. The number of para-hydroxylation sites is 1. The van der Waals surface area contributed by atoms with Crippen molar-refractivity contribution in [3.05, 3.63) is 95.7 Å². The molecule has 0 spiro atoms. The summed E-state index contributed by atoms with van der Waals surface area (Å²) in [5, 5.41) is 14.0. The summed E-state index contributed by atoms with van der Waals surface area (Å²) < 4.78 is 27.0. The second kappa shape index (κ2) is 8.94. The molecule has 2 heterocycles. The van der Waals surface area contributed by atoms with Crippen LogP contribution in [0.25, 0.3) is 33.3 Å². The Morgan fingerprint density at radius 3 is 2.46 bits per heavy atom. The number of fused-ring (bicyclic) bond motifs is 2. The number of pyridine rings is 1. The zero-order chi connectivity index (χ0) is 24.5. The van der Waals surface area contributed by atoms with Gasteiger partial charge >= 0.3 is 5.97 Å². The van der Waals surface area contributed by atoms with Crippen molar-refractivity contribution < 1.29 is 23.5 Å². The molecule has 0 aliphatic carbocycles. The van der Waals surface area contributed by atoms with Gasteiger partial charge < -0.3 is 15.4 Å². The lowest BCUT2D eigenvalue weighted by molar-refractivity contribution is -0.139. The molecule has 1 unspecified atom stereocenters. The van der Waals surface area contributed by atoms with Gasteiger partial charge in [0, 0.05) is 24.1 Å². The predicted molar refractivity (Wildman–Crippen MR) is 126 cm³/mol. The molecular weight excluding hydrogens is 454 g/mol. The quantitative estimate of drug-likeness (QED) is 0.338. The Labute approximate surface area is 197 Å². The molecule has 0 radical (unpaired) electrons. The molecule has 0 aliphatic rings. The highest BCUT2D eigenvalue weighted by atomic mass is 19.1. The molecule has 2 aromatic heterocycles. The van der Waals surface area contributed by atoms with Crippen LogP contribution in [0.4, 0.5) is 8.78 Å². The van der Waals surface area contributed by atoms with Crippen molar-refractivity contribution >= 4 is 33.7 Å². The van der Waals surface area contributed by atoms with Crippen molar-refractivity contribution in [1.82, 2.24) is 20.3 Å². The Bertz CT molecular complexity index is 1580. The van der Waals surface area contributed by atoms with E-state index < -0.39 is 29.6 Å². The highest BCUT2D eigenvalue weighted by Gasteiger charge is 2.24. The average molecular weight is 472 g/mol. The van der Waals surface area contributed by atoms with Crippen molar-refractivity contribution in [2.24, 2.45) is 0 Å². The smallest absolute Gasteiger partial charge is 0.326 e. The molecule has 7 nitrogen and oxygen atoms in total. The molecule has 174 valence electrons. The number of carbonyl (C=O) groups excluding carboxylic acids is 1. The number of amides is 1. The number of carboxylic acids is 1. The van der Waals surface area contributed by atoms with Crippen LogP contribution in [0.15, 0.2) is 72.9 Å². The van der Waals surface area contributed by atoms with E-state index in [-0.39, 0.29) is 17.5 Å². The Morgan fingerprint density at radius 1 is 0.971 bits per heavy atom. The summed E-state index contributed by atoms with van der Waals surface area (Å²) in [7, 11) is 0. The van der Waals surface area contributed by atoms with Crippen LogP contribution in [0, 0.1) is 11.6 Å². The van der Waals surface area contributed by atoms with E-state index in [2.05, 4.69) is 20.3 Å². The maximum atomic E-state index is 13.5. The number of aliphatic carboxylic acids is 1. The van der Waals surface area contributed by atoms with E-state index in [0.29, 0.717) is 28.6 Å². The molecule has 0 saturated heterocycles. The first kappa shape index (κ1) is 22.1. The molecule has 0 bridgehead atoms. The van der Waals surface area contributed by atoms with E-state index in [9.17, 15) is 23.5 Å². The lowest BCUT2D eigenvalue weighted by atomic mass is 10.0. The van der Waals surface area contributed by atoms with Gasteiger partial charge in [0.2, 0.25) is 0 Å². The number of halogens is 2. The minimum atomic E-state index is -1.40. The topological polar surface area (TPSA) is 108 Å². The van der Waals surface area contributed by atoms with E-state index in [0.717, 1.165) is 22.9 Å². The van der Waals surface area contributed by atoms with Gasteiger partial charge in [-0.25, -0.2) is 18.6 Å². The Balaban J connectivity index is 1.44. The summed E-state index contributed by atoms with van der Waals surface area (Å²) in [4.78, 5) is 36.9. The van der Waals surface area contributed by atoms with Gasteiger partial charge in [0.1, 0.15) is 28.9 Å². The lowest BCUT2D eigenvalue weighted by Crippen LogP contribution is -2.42. The number of imidazole rings is 1. The van der Waals surface area contributed by atoms with Gasteiger partial charge in [0.15, 0.2) is 5.82 Å². The number of carbonyl (C=O) groups is 2. The Kier molecular flexibility index (Phi) is 5.66. The number of H-pyrrole nitrogens is 1. The second-order valence-corrected chi connectivity index (χ2v) is 8.05. The molecule has 9 heteroatoms. The number of nitrogens with zero attached hydrogens (tertiary/aromatic N) is 2. The fraction of sp³-hybridized carbons (Fsp3) is 0.0769. The standard InChI is InChI=1S/C26H18F2N4O3/c27-17-8-14(9-18(28)12-17)10-22(26(34)35)31-25(33)19-6-3-7-20-23(19)32-24(30-20)21-11-15-4-1-2-5-16(15)13-29-21/h1-9,11-13,22H,10H2,(H,30,32)(H,31,33)(H,34,35). The van der Waals surface area contributed by atoms with Crippen LogP contribution in [0.5, 0.6) is 0 Å². The molecule has 1 atom stereocenters. The van der Waals surface area contributed by atoms with Gasteiger partial charge in [-0.15, -0.1) is 0 Å². The molecule has 3 N–H and O–H groups in total. The maximum absolute atomic E-state index is 13.5. The minimum absolute atomic E-state index is 0.109. The number of hydrogen-bond donors (Lipinski definition) is 3. The molecular formula is C26H18F2N4O3. The molecule has 5 aromatic rings. The average Bonchev–Trinajstić information content (AvgIpc) is 3.27. The normalized spacial score (nSPS) is 12.1. The number of hydrogen-bond acceptors (Lipinski definition) is 4. The highest BCUT2D eigenvalue weighted by Crippen LogP contribution is 2.24. The van der Waals surface area contributed by atoms with Gasteiger partial charge in [0.25, 0.3) is 5.91 Å². The zero-order valence-corrected chi connectivity index (χ0v) is 18.1. The van der Waals surface area contributed by atoms with Gasteiger partial charge in [-0.3, -0.25) is 9.78 Å². The number of nitrogens with one attached hydrogen (secondary N) is 2. The molecule has 1 amide bonds. The summed E-state index contributed by atoms with van der Waals surface area (Å²) in [5.41, 5.74) is 1.76. The number of carboxylic acid groups (broad SMARTS) is 1. The van der Waals surface area contributed by atoms with Crippen LogP contribution >= 0.6 is 0 Å². The third kappa shape index (κ3) is 4.56. The fourth-order valence-corrected chi connectivity index (χ4v) is 3.95. The van der Waals surface area contributed by atoms with Gasteiger partial charge in [0.05, 0.1) is 11.1 Å². The van der Waals surface area contributed by atoms with E-state index in [1.165, 1.54) is 6.07 Å². The summed E-state index contributed by atoms with van der Waals surface area (Å²) in [6, 6.07) is 15.9. The number of rotatable bonds is 6. The number of aromatic amines is 1. The maximum Gasteiger partial charge on any atom is 0.326 e. The SMILES string of the molecule is O=C(NC(Cc1cc(F)cc(F)c1)C(=O)O)c1cccc2[nH]c(-c3cc4ccccc4cn3)nc12. The highest BCUT2D eigenvalue weighted by molar-refractivity contribution is 6.06. The zero-order valence-electron chi connectivity index (χ0n) is 18.1. The molecule has 35 heavy (non-hydrogen) atoms. The first-order valence-electron chi connectivity index (χ1n) is 10.7. The predicted octanol–water partition coefficient (Wildman–Crippen LogP) is 4.48. The second-order valence-electron chi connectivity index (χ2n) is 8.05. The van der Waals surface area contributed by atoms with Crippen LogP contribution in [-0.2, 0) is 11.2 Å². The van der Waals surface area contributed by atoms with Gasteiger partial charge in [-0.1, -0.05) is 30.3 Å². The van der Waals surface area contributed by atoms with Crippen LogP contribution in [0.1, 0.15) is 15.9 Å². The summed E-state index contributed by atoms with van der Waals surface area (Å²) in [6.45, 7) is 0.